The van der Waals surface area contributed by atoms with Gasteiger partial charge in [-0.1, -0.05) is 37.6 Å². The van der Waals surface area contributed by atoms with Gasteiger partial charge in [0.25, 0.3) is 0 Å². The molecule has 0 heterocycles. The lowest BCUT2D eigenvalue weighted by Gasteiger charge is -2.13. The monoisotopic (exact) mass is 282 g/mol. The van der Waals surface area contributed by atoms with Crippen LogP contribution in [-0.4, -0.2) is 5.91 Å². The molecule has 0 aliphatic heterocycles. The summed E-state index contributed by atoms with van der Waals surface area (Å²) < 4.78 is 0. The molecular weight excluding hydrogens is 260 g/mol. The lowest BCUT2D eigenvalue weighted by molar-refractivity contribution is -0.117. The van der Waals surface area contributed by atoms with Crippen molar-refractivity contribution in [3.63, 3.8) is 0 Å². The summed E-state index contributed by atoms with van der Waals surface area (Å²) in [4.78, 5) is 12.3. The number of aryl methyl sites for hydroxylation is 1. The van der Waals surface area contributed by atoms with Crippen LogP contribution in [0.1, 0.15) is 37.3 Å². The van der Waals surface area contributed by atoms with Gasteiger partial charge in [-0.3, -0.25) is 4.79 Å². The Bertz CT molecular complexity index is 605. The maximum Gasteiger partial charge on any atom is 0.231 e. The topological polar surface area (TPSA) is 55.1 Å². The van der Waals surface area contributed by atoms with Crippen LogP contribution in [0.4, 0.5) is 11.4 Å². The fraction of sp³-hybridized carbons (Fsp3) is 0.278. The minimum Gasteiger partial charge on any atom is -0.399 e. The van der Waals surface area contributed by atoms with Crippen molar-refractivity contribution in [2.75, 3.05) is 11.1 Å². The van der Waals surface area contributed by atoms with Gasteiger partial charge in [0.1, 0.15) is 0 Å². The van der Waals surface area contributed by atoms with E-state index in [2.05, 4.69) is 24.4 Å². The highest BCUT2D eigenvalue weighted by molar-refractivity contribution is 5.95. The van der Waals surface area contributed by atoms with Crippen molar-refractivity contribution in [3.05, 3.63) is 59.7 Å². The molecule has 0 saturated heterocycles. The Kier molecular flexibility index (Phi) is 4.99. The van der Waals surface area contributed by atoms with Gasteiger partial charge in [0.2, 0.25) is 5.91 Å². The Balaban J connectivity index is 2.03. The number of nitrogens with two attached hydrogens (primary N) is 1. The zero-order valence-electron chi connectivity index (χ0n) is 12.6. The number of carbonyl (C=O) groups is 1. The first-order valence-electron chi connectivity index (χ1n) is 7.35. The first kappa shape index (κ1) is 15.1. The third kappa shape index (κ3) is 4.09. The van der Waals surface area contributed by atoms with Gasteiger partial charge in [-0.25, -0.2) is 0 Å². The van der Waals surface area contributed by atoms with Crippen molar-refractivity contribution < 1.29 is 4.79 Å². The van der Waals surface area contributed by atoms with Crippen LogP contribution in [0.15, 0.2) is 48.5 Å². The maximum atomic E-state index is 12.3. The number of carbonyl (C=O) groups excluding carboxylic acids is 1. The van der Waals surface area contributed by atoms with Crippen LogP contribution < -0.4 is 11.1 Å². The summed E-state index contributed by atoms with van der Waals surface area (Å²) >= 11 is 0. The number of amides is 1. The van der Waals surface area contributed by atoms with E-state index in [1.165, 1.54) is 5.56 Å². The van der Waals surface area contributed by atoms with Crippen LogP contribution in [0.3, 0.4) is 0 Å². The first-order chi connectivity index (χ1) is 10.1. The highest BCUT2D eigenvalue weighted by atomic mass is 16.1. The van der Waals surface area contributed by atoms with Crippen LogP contribution in [0.25, 0.3) is 0 Å². The summed E-state index contributed by atoms with van der Waals surface area (Å²) in [6, 6.07) is 15.5. The van der Waals surface area contributed by atoms with Gasteiger partial charge < -0.3 is 11.1 Å². The normalized spacial score (nSPS) is 11.9. The highest BCUT2D eigenvalue weighted by Gasteiger charge is 2.15. The second-order valence-electron chi connectivity index (χ2n) is 5.33. The minimum atomic E-state index is -0.233. The predicted octanol–water partition coefficient (Wildman–Crippen LogP) is 3.96. The summed E-state index contributed by atoms with van der Waals surface area (Å²) in [5.41, 5.74) is 9.49. The molecule has 21 heavy (non-hydrogen) atoms. The SMILES string of the molecule is CCCc1ccc(NC(=O)C(C)c2cccc(N)c2)cc1. The summed E-state index contributed by atoms with van der Waals surface area (Å²) in [6.45, 7) is 4.04. The van der Waals surface area contributed by atoms with E-state index in [1.807, 2.05) is 43.3 Å². The molecule has 2 aromatic carbocycles. The third-order valence-electron chi connectivity index (χ3n) is 3.56. The third-order valence-corrected chi connectivity index (χ3v) is 3.56. The molecule has 0 aromatic heterocycles. The summed E-state index contributed by atoms with van der Waals surface area (Å²) in [7, 11) is 0. The van der Waals surface area contributed by atoms with Crippen LogP contribution >= 0.6 is 0 Å². The molecule has 0 aliphatic carbocycles. The molecule has 2 rings (SSSR count). The Hall–Kier alpha value is -2.29. The fourth-order valence-corrected chi connectivity index (χ4v) is 2.27. The van der Waals surface area contributed by atoms with Crippen LogP contribution in [-0.2, 0) is 11.2 Å². The Labute approximate surface area is 126 Å². The van der Waals surface area contributed by atoms with Crippen LogP contribution in [0.5, 0.6) is 0 Å². The van der Waals surface area contributed by atoms with Crippen molar-refractivity contribution in [3.8, 4) is 0 Å². The largest absolute Gasteiger partial charge is 0.399 e. The zero-order chi connectivity index (χ0) is 15.2. The predicted molar refractivity (Wildman–Crippen MR) is 88.3 cm³/mol. The van der Waals surface area contributed by atoms with E-state index >= 15 is 0 Å². The Morgan fingerprint density at radius 2 is 1.90 bits per heavy atom. The van der Waals surface area contributed by atoms with Crippen molar-refractivity contribution in [2.45, 2.75) is 32.6 Å². The van der Waals surface area contributed by atoms with E-state index in [1.54, 1.807) is 0 Å². The smallest absolute Gasteiger partial charge is 0.231 e. The van der Waals surface area contributed by atoms with Crippen molar-refractivity contribution in [1.29, 1.82) is 0 Å². The second kappa shape index (κ2) is 6.93. The summed E-state index contributed by atoms with van der Waals surface area (Å²) in [5.74, 6) is -0.257. The fourth-order valence-electron chi connectivity index (χ4n) is 2.27. The van der Waals surface area contributed by atoms with Gasteiger partial charge in [0, 0.05) is 11.4 Å². The van der Waals surface area contributed by atoms with Crippen molar-refractivity contribution in [2.24, 2.45) is 0 Å². The number of nitrogens with one attached hydrogen (secondary N) is 1. The first-order valence-corrected chi connectivity index (χ1v) is 7.35. The Morgan fingerprint density at radius 1 is 1.19 bits per heavy atom. The number of benzene rings is 2. The van der Waals surface area contributed by atoms with Crippen LogP contribution in [0, 0.1) is 0 Å². The van der Waals surface area contributed by atoms with E-state index in [4.69, 9.17) is 5.73 Å². The van der Waals surface area contributed by atoms with E-state index in [-0.39, 0.29) is 11.8 Å². The molecule has 0 spiro atoms. The van der Waals surface area contributed by atoms with Gasteiger partial charge in [-0.15, -0.1) is 0 Å². The minimum absolute atomic E-state index is 0.0242. The average molecular weight is 282 g/mol. The molecule has 1 atom stereocenters. The molecule has 0 aliphatic rings. The van der Waals surface area contributed by atoms with Gasteiger partial charge in [0.05, 0.1) is 5.92 Å². The van der Waals surface area contributed by atoms with Gasteiger partial charge in [-0.2, -0.15) is 0 Å². The van der Waals surface area contributed by atoms with Gasteiger partial charge in [-0.05, 0) is 48.7 Å². The van der Waals surface area contributed by atoms with Crippen molar-refractivity contribution >= 4 is 17.3 Å². The molecule has 3 nitrogen and oxygen atoms in total. The van der Waals surface area contributed by atoms with E-state index in [9.17, 15) is 4.79 Å². The molecule has 3 heteroatoms. The molecule has 0 saturated carbocycles. The number of hydrogen-bond donors (Lipinski definition) is 2. The molecule has 110 valence electrons. The zero-order valence-corrected chi connectivity index (χ0v) is 12.6. The quantitative estimate of drug-likeness (QED) is 0.815. The summed E-state index contributed by atoms with van der Waals surface area (Å²) in [6.07, 6.45) is 2.19. The standard InChI is InChI=1S/C18H22N2O/c1-3-5-14-8-10-17(11-9-14)20-18(21)13(2)15-6-4-7-16(19)12-15/h4,6-13H,3,5,19H2,1-2H3,(H,20,21). The van der Waals surface area contributed by atoms with E-state index in [0.29, 0.717) is 5.69 Å². The molecular formula is C18H22N2O. The average Bonchev–Trinajstić information content (AvgIpc) is 2.48. The molecule has 0 bridgehead atoms. The number of anilines is 2. The molecule has 0 fully saturated rings. The Morgan fingerprint density at radius 3 is 2.52 bits per heavy atom. The lowest BCUT2D eigenvalue weighted by Crippen LogP contribution is -2.18. The lowest BCUT2D eigenvalue weighted by atomic mass is 9.99. The molecule has 2 aromatic rings. The van der Waals surface area contributed by atoms with Crippen LogP contribution in [0.2, 0.25) is 0 Å². The second-order valence-corrected chi connectivity index (χ2v) is 5.33. The number of rotatable bonds is 5. The van der Waals surface area contributed by atoms with Gasteiger partial charge in [0.15, 0.2) is 0 Å². The molecule has 1 amide bonds. The van der Waals surface area contributed by atoms with Gasteiger partial charge >= 0.3 is 0 Å². The van der Waals surface area contributed by atoms with E-state index < -0.39 is 0 Å². The molecule has 0 radical (unpaired) electrons. The summed E-state index contributed by atoms with van der Waals surface area (Å²) in [5, 5.41) is 2.95. The highest BCUT2D eigenvalue weighted by Crippen LogP contribution is 2.20. The maximum absolute atomic E-state index is 12.3. The molecule has 1 unspecified atom stereocenters. The number of hydrogen-bond acceptors (Lipinski definition) is 2. The van der Waals surface area contributed by atoms with Crippen molar-refractivity contribution in [1.82, 2.24) is 0 Å². The van der Waals surface area contributed by atoms with E-state index in [0.717, 1.165) is 24.1 Å². The number of nitrogen functional groups attached to an aromatic ring is 1. The molecule has 3 N–H and O–H groups in total.